The Kier molecular flexibility index (Phi) is 4.88. The van der Waals surface area contributed by atoms with Crippen molar-refractivity contribution in [3.63, 3.8) is 0 Å². The minimum absolute atomic E-state index is 0.0177. The Labute approximate surface area is 126 Å². The summed E-state index contributed by atoms with van der Waals surface area (Å²) >= 11 is 0. The van der Waals surface area contributed by atoms with Crippen LogP contribution in [0.25, 0.3) is 0 Å². The van der Waals surface area contributed by atoms with Crippen LogP contribution in [0.4, 0.5) is 10.1 Å². The highest BCUT2D eigenvalue weighted by molar-refractivity contribution is 7.89. The molecule has 0 aromatic heterocycles. The number of benzene rings is 1. The molecule has 0 radical (unpaired) electrons. The number of rotatable bonds is 4. The second-order valence-electron chi connectivity index (χ2n) is 5.79. The molecule has 4 nitrogen and oxygen atoms in total. The molecule has 0 saturated heterocycles. The zero-order valence-corrected chi connectivity index (χ0v) is 13.4. The van der Waals surface area contributed by atoms with Gasteiger partial charge in [0.2, 0.25) is 10.0 Å². The minimum Gasteiger partial charge on any atom is -0.396 e. The number of hydrogen-bond acceptors (Lipinski definition) is 3. The molecule has 6 heteroatoms. The number of anilines is 1. The maximum absolute atomic E-state index is 13.2. The number of nitrogens with two attached hydrogens (primary N) is 1. The maximum atomic E-state index is 13.2. The first-order valence-corrected chi connectivity index (χ1v) is 8.83. The van der Waals surface area contributed by atoms with E-state index in [2.05, 4.69) is 6.92 Å². The Hall–Kier alpha value is -1.14. The predicted molar refractivity (Wildman–Crippen MR) is 81.8 cm³/mol. The van der Waals surface area contributed by atoms with E-state index >= 15 is 0 Å². The highest BCUT2D eigenvalue weighted by Crippen LogP contribution is 2.31. The summed E-state index contributed by atoms with van der Waals surface area (Å²) in [7, 11) is -2.01. The van der Waals surface area contributed by atoms with Gasteiger partial charge in [-0.15, -0.1) is 0 Å². The fourth-order valence-corrected chi connectivity index (χ4v) is 4.41. The Morgan fingerprint density at radius 2 is 1.90 bits per heavy atom. The van der Waals surface area contributed by atoms with E-state index < -0.39 is 15.8 Å². The van der Waals surface area contributed by atoms with Gasteiger partial charge in [-0.2, -0.15) is 4.31 Å². The third kappa shape index (κ3) is 3.37. The first kappa shape index (κ1) is 16.2. The van der Waals surface area contributed by atoms with Crippen LogP contribution in [0.3, 0.4) is 0 Å². The summed E-state index contributed by atoms with van der Waals surface area (Å²) in [5.41, 5.74) is 5.33. The highest BCUT2D eigenvalue weighted by atomic mass is 32.2. The van der Waals surface area contributed by atoms with Crippen LogP contribution < -0.4 is 5.73 Å². The van der Waals surface area contributed by atoms with Gasteiger partial charge in [0.1, 0.15) is 5.82 Å². The van der Waals surface area contributed by atoms with E-state index in [4.69, 9.17) is 5.73 Å². The number of nitrogen functional groups attached to an aromatic ring is 1. The molecule has 21 heavy (non-hydrogen) atoms. The van der Waals surface area contributed by atoms with E-state index in [1.807, 2.05) is 0 Å². The molecule has 1 aromatic carbocycles. The molecular weight excluding hydrogens is 291 g/mol. The Morgan fingerprint density at radius 3 is 2.43 bits per heavy atom. The van der Waals surface area contributed by atoms with Crippen molar-refractivity contribution < 1.29 is 12.8 Å². The van der Waals surface area contributed by atoms with E-state index in [0.717, 1.165) is 38.2 Å². The lowest BCUT2D eigenvalue weighted by Gasteiger charge is -2.33. The van der Waals surface area contributed by atoms with Crippen molar-refractivity contribution in [2.24, 2.45) is 5.92 Å². The van der Waals surface area contributed by atoms with Gasteiger partial charge in [0.25, 0.3) is 0 Å². The van der Waals surface area contributed by atoms with Crippen molar-refractivity contribution in [1.82, 2.24) is 4.31 Å². The van der Waals surface area contributed by atoms with Crippen LogP contribution in [-0.2, 0) is 10.0 Å². The lowest BCUT2D eigenvalue weighted by Crippen LogP contribution is -2.39. The topological polar surface area (TPSA) is 63.4 Å². The van der Waals surface area contributed by atoms with Gasteiger partial charge in [-0.05, 0) is 49.8 Å². The Balaban J connectivity index is 2.17. The van der Waals surface area contributed by atoms with Crippen molar-refractivity contribution >= 4 is 15.7 Å². The minimum atomic E-state index is -3.62. The van der Waals surface area contributed by atoms with Gasteiger partial charge in [-0.1, -0.05) is 13.3 Å². The monoisotopic (exact) mass is 314 g/mol. The maximum Gasteiger partial charge on any atom is 0.243 e. The van der Waals surface area contributed by atoms with E-state index in [9.17, 15) is 12.8 Å². The molecule has 0 amide bonds. The van der Waals surface area contributed by atoms with Crippen molar-refractivity contribution in [3.05, 3.63) is 24.0 Å². The summed E-state index contributed by atoms with van der Waals surface area (Å²) in [5, 5.41) is 0. The summed E-state index contributed by atoms with van der Waals surface area (Å²) < 4.78 is 39.8. The van der Waals surface area contributed by atoms with Crippen molar-refractivity contribution in [2.75, 3.05) is 12.8 Å². The number of hydrogen-bond donors (Lipinski definition) is 1. The van der Waals surface area contributed by atoms with Crippen molar-refractivity contribution in [3.8, 4) is 0 Å². The predicted octanol–water partition coefficient (Wildman–Crippen LogP) is 3.00. The fourth-order valence-electron chi connectivity index (χ4n) is 2.96. The number of halogens is 1. The summed E-state index contributed by atoms with van der Waals surface area (Å²) in [4.78, 5) is 0.0570. The van der Waals surface area contributed by atoms with Crippen LogP contribution in [0.15, 0.2) is 23.1 Å². The van der Waals surface area contributed by atoms with Gasteiger partial charge >= 0.3 is 0 Å². The van der Waals surface area contributed by atoms with E-state index in [1.54, 1.807) is 7.05 Å². The van der Waals surface area contributed by atoms with Crippen molar-refractivity contribution in [1.29, 1.82) is 0 Å². The first-order chi connectivity index (χ1) is 9.86. The smallest absolute Gasteiger partial charge is 0.243 e. The van der Waals surface area contributed by atoms with Crippen LogP contribution in [-0.4, -0.2) is 25.8 Å². The molecule has 1 fully saturated rings. The van der Waals surface area contributed by atoms with Gasteiger partial charge in [-0.25, -0.2) is 12.8 Å². The average molecular weight is 314 g/mol. The molecule has 0 spiro atoms. The quantitative estimate of drug-likeness (QED) is 0.869. The molecule has 1 aromatic rings. The lowest BCUT2D eigenvalue weighted by molar-refractivity contribution is 0.233. The molecule has 2 rings (SSSR count). The lowest BCUT2D eigenvalue weighted by atomic mass is 9.85. The largest absolute Gasteiger partial charge is 0.396 e. The van der Waals surface area contributed by atoms with E-state index in [1.165, 1.54) is 16.4 Å². The molecule has 0 atom stereocenters. The summed E-state index contributed by atoms with van der Waals surface area (Å²) in [6, 6.07) is 3.59. The average Bonchev–Trinajstić information content (AvgIpc) is 2.49. The summed E-state index contributed by atoms with van der Waals surface area (Å²) in [6.45, 7) is 2.17. The summed E-state index contributed by atoms with van der Waals surface area (Å²) in [6.07, 6.45) is 5.03. The van der Waals surface area contributed by atoms with Gasteiger partial charge < -0.3 is 5.73 Å². The normalized spacial score (nSPS) is 23.4. The molecule has 1 aliphatic carbocycles. The Morgan fingerprint density at radius 1 is 1.29 bits per heavy atom. The number of nitrogens with zero attached hydrogens (tertiary/aromatic N) is 1. The van der Waals surface area contributed by atoms with Crippen LogP contribution in [0.1, 0.15) is 39.0 Å². The van der Waals surface area contributed by atoms with Gasteiger partial charge in [-0.3, -0.25) is 0 Å². The van der Waals surface area contributed by atoms with E-state index in [0.29, 0.717) is 5.92 Å². The zero-order chi connectivity index (χ0) is 15.6. The molecule has 118 valence electrons. The molecule has 0 heterocycles. The first-order valence-electron chi connectivity index (χ1n) is 7.39. The molecule has 0 aliphatic heterocycles. The second-order valence-corrected chi connectivity index (χ2v) is 7.78. The molecule has 0 unspecified atom stereocenters. The standard InChI is InChI=1S/C15H23FN2O2S/c1-3-11-4-6-12(7-5-11)18(2)21(19,20)13-8-9-14(16)15(17)10-13/h8-12H,3-7,17H2,1-2H3. The van der Waals surface area contributed by atoms with Crippen molar-refractivity contribution in [2.45, 2.75) is 50.0 Å². The summed E-state index contributed by atoms with van der Waals surface area (Å²) in [5.74, 6) is 0.110. The molecule has 2 N–H and O–H groups in total. The van der Waals surface area contributed by atoms with Crippen LogP contribution >= 0.6 is 0 Å². The zero-order valence-electron chi connectivity index (χ0n) is 12.5. The third-order valence-electron chi connectivity index (χ3n) is 4.55. The van der Waals surface area contributed by atoms with Gasteiger partial charge in [0, 0.05) is 13.1 Å². The molecule has 1 aliphatic rings. The number of sulfonamides is 1. The van der Waals surface area contributed by atoms with Gasteiger partial charge in [0.15, 0.2) is 0 Å². The third-order valence-corrected chi connectivity index (χ3v) is 6.46. The van der Waals surface area contributed by atoms with Crippen LogP contribution in [0, 0.1) is 11.7 Å². The SMILES string of the molecule is CCC1CCC(N(C)S(=O)(=O)c2ccc(F)c(N)c2)CC1. The van der Waals surface area contributed by atoms with Gasteiger partial charge in [0.05, 0.1) is 10.6 Å². The molecular formula is C15H23FN2O2S. The molecule has 0 bridgehead atoms. The highest BCUT2D eigenvalue weighted by Gasteiger charge is 2.31. The fraction of sp³-hybridized carbons (Fsp3) is 0.600. The van der Waals surface area contributed by atoms with Crippen LogP contribution in [0.2, 0.25) is 0 Å². The van der Waals surface area contributed by atoms with E-state index in [-0.39, 0.29) is 16.6 Å². The Bertz CT molecular complexity index is 596. The second kappa shape index (κ2) is 6.32. The molecule has 1 saturated carbocycles. The van der Waals surface area contributed by atoms with Crippen LogP contribution in [0.5, 0.6) is 0 Å².